The monoisotopic (exact) mass is 441 g/mol. The Morgan fingerprint density at radius 3 is 1.47 bits per heavy atom. The zero-order chi connectivity index (χ0) is 24.5. The van der Waals surface area contributed by atoms with Gasteiger partial charge in [0, 0.05) is 12.2 Å². The summed E-state index contributed by atoms with van der Waals surface area (Å²) in [6.07, 6.45) is -0.282. The van der Waals surface area contributed by atoms with E-state index in [-0.39, 0.29) is 11.8 Å². The van der Waals surface area contributed by atoms with E-state index in [4.69, 9.17) is 0 Å². The van der Waals surface area contributed by atoms with Gasteiger partial charge >= 0.3 is 0 Å². The fraction of sp³-hybridized carbons (Fsp3) is 0.235. The molecule has 0 nitrogen and oxygen atoms in total. The van der Waals surface area contributed by atoms with Gasteiger partial charge in [-0.1, -0.05) is 97.9 Å². The van der Waals surface area contributed by atoms with Crippen LogP contribution in [0.4, 0.5) is 0 Å². The second kappa shape index (κ2) is 7.31. The van der Waals surface area contributed by atoms with E-state index in [0.29, 0.717) is 0 Å². The molecule has 6 rings (SSSR count). The molecule has 0 heterocycles. The molecule has 5 aromatic rings. The Kier molecular flexibility index (Phi) is 4.31. The van der Waals surface area contributed by atoms with Crippen LogP contribution in [0.25, 0.3) is 21.5 Å². The molecule has 1 aliphatic rings. The van der Waals surface area contributed by atoms with Gasteiger partial charge in [0.1, 0.15) is 0 Å². The van der Waals surface area contributed by atoms with Gasteiger partial charge in [-0.05, 0) is 94.6 Å². The maximum absolute atomic E-state index is 9.72. The van der Waals surface area contributed by atoms with E-state index < -0.39 is 5.41 Å². The van der Waals surface area contributed by atoms with Crippen molar-refractivity contribution in [1.29, 1.82) is 0 Å². The minimum absolute atomic E-state index is 0.282. The van der Waals surface area contributed by atoms with Gasteiger partial charge in [-0.2, -0.15) is 0 Å². The predicted molar refractivity (Wildman–Crippen MR) is 146 cm³/mol. The van der Waals surface area contributed by atoms with E-state index in [2.05, 4.69) is 126 Å². The lowest BCUT2D eigenvalue weighted by atomic mass is 9.73. The van der Waals surface area contributed by atoms with Crippen molar-refractivity contribution >= 4 is 21.5 Å². The minimum atomic E-state index is -0.425. The van der Waals surface area contributed by atoms with Gasteiger partial charge in [0.05, 0.1) is 0 Å². The van der Waals surface area contributed by atoms with Crippen LogP contribution in [0.2, 0.25) is 0 Å². The van der Waals surface area contributed by atoms with Gasteiger partial charge in [0.25, 0.3) is 0 Å². The molecule has 0 aromatic heterocycles. The first-order valence-electron chi connectivity index (χ1n) is 12.9. The Labute approximate surface area is 204 Å². The van der Waals surface area contributed by atoms with E-state index in [1.807, 2.05) is 0 Å². The largest absolute Gasteiger partial charge is 0.0622 e. The molecular formula is C34H32. The molecule has 0 saturated heterocycles. The van der Waals surface area contributed by atoms with Crippen LogP contribution in [0.15, 0.2) is 91.0 Å². The molecule has 0 bridgehead atoms. The highest BCUT2D eigenvalue weighted by Crippen LogP contribution is 2.70. The van der Waals surface area contributed by atoms with Crippen molar-refractivity contribution < 1.29 is 1.37 Å². The second-order valence-corrected chi connectivity index (χ2v) is 10.3. The number of hydrogen-bond acceptors (Lipinski definition) is 0. The highest BCUT2D eigenvalue weighted by Gasteiger charge is 2.67. The third-order valence-electron chi connectivity index (χ3n) is 8.51. The van der Waals surface area contributed by atoms with Crippen LogP contribution in [0.3, 0.4) is 0 Å². The summed E-state index contributed by atoms with van der Waals surface area (Å²) in [5, 5.41) is 5.20. The Bertz CT molecular complexity index is 1520. The van der Waals surface area contributed by atoms with Crippen LogP contribution in [-0.2, 0) is 10.8 Å². The zero-order valence-corrected chi connectivity index (χ0v) is 20.7. The summed E-state index contributed by atoms with van der Waals surface area (Å²) in [7, 11) is 0. The molecule has 1 fully saturated rings. The quantitative estimate of drug-likeness (QED) is 0.262. The minimum Gasteiger partial charge on any atom is -0.0622 e. The summed E-state index contributed by atoms with van der Waals surface area (Å²) in [5.41, 5.74) is 8.27. The fourth-order valence-electron chi connectivity index (χ4n) is 6.57. The molecular weight excluding hydrogens is 408 g/mol. The van der Waals surface area contributed by atoms with E-state index >= 15 is 0 Å². The summed E-state index contributed by atoms with van der Waals surface area (Å²) >= 11 is 0. The van der Waals surface area contributed by atoms with Crippen molar-refractivity contribution in [1.82, 2.24) is 0 Å². The van der Waals surface area contributed by atoms with Crippen LogP contribution in [-0.4, -0.2) is 0 Å². The molecule has 0 amide bonds. The maximum Gasteiger partial charge on any atom is 0.0311 e. The number of aryl methyl sites for hydroxylation is 4. The predicted octanol–water partition coefficient (Wildman–Crippen LogP) is 8.87. The lowest BCUT2D eigenvalue weighted by Crippen LogP contribution is -2.24. The Balaban J connectivity index is 1.76. The van der Waals surface area contributed by atoms with Crippen molar-refractivity contribution in [2.24, 2.45) is 0 Å². The highest BCUT2D eigenvalue weighted by atomic mass is 14.7. The fourth-order valence-corrected chi connectivity index (χ4v) is 6.57. The Morgan fingerprint density at radius 1 is 0.588 bits per heavy atom. The normalized spacial score (nSPS) is 21.6. The SMILES string of the molecule is [2H][C@@H]1C(c2cc(C)c3ccccc3c2C)(c2cc(C)c3ccccc3c2C)[C@@]1(C)c1ccccc1. The van der Waals surface area contributed by atoms with Crippen LogP contribution in [0.5, 0.6) is 0 Å². The molecule has 34 heavy (non-hydrogen) atoms. The van der Waals surface area contributed by atoms with Gasteiger partial charge in [-0.15, -0.1) is 0 Å². The topological polar surface area (TPSA) is 0 Å². The molecule has 0 N–H and O–H groups in total. The summed E-state index contributed by atoms with van der Waals surface area (Å²) in [6.45, 7) is 11.3. The molecule has 1 aliphatic carbocycles. The summed E-state index contributed by atoms with van der Waals surface area (Å²) in [5.74, 6) is 0. The molecule has 0 heteroatoms. The third kappa shape index (κ3) is 2.72. The first-order valence-corrected chi connectivity index (χ1v) is 12.3. The molecule has 0 unspecified atom stereocenters. The first-order chi connectivity index (χ1) is 16.8. The molecule has 5 aromatic carbocycles. The van der Waals surface area contributed by atoms with E-state index in [9.17, 15) is 1.37 Å². The lowest BCUT2D eigenvalue weighted by molar-refractivity contribution is 0.647. The molecule has 0 radical (unpaired) electrons. The van der Waals surface area contributed by atoms with Gasteiger partial charge in [-0.25, -0.2) is 0 Å². The maximum atomic E-state index is 9.72. The van der Waals surface area contributed by atoms with Gasteiger partial charge in [-0.3, -0.25) is 0 Å². The average molecular weight is 442 g/mol. The first kappa shape index (κ1) is 20.0. The highest BCUT2D eigenvalue weighted by molar-refractivity contribution is 5.93. The smallest absolute Gasteiger partial charge is 0.0311 e. The average Bonchev–Trinajstić information content (AvgIpc) is 3.40. The van der Waals surface area contributed by atoms with E-state index in [0.717, 1.165) is 0 Å². The van der Waals surface area contributed by atoms with Crippen LogP contribution >= 0.6 is 0 Å². The van der Waals surface area contributed by atoms with Crippen LogP contribution in [0.1, 0.15) is 53.6 Å². The summed E-state index contributed by atoms with van der Waals surface area (Å²) < 4.78 is 9.72. The Morgan fingerprint density at radius 2 is 1.00 bits per heavy atom. The van der Waals surface area contributed by atoms with Crippen molar-refractivity contribution in [2.75, 3.05) is 0 Å². The molecule has 0 spiro atoms. The number of rotatable bonds is 3. The molecule has 168 valence electrons. The van der Waals surface area contributed by atoms with E-state index in [1.54, 1.807) is 0 Å². The Hall–Kier alpha value is -3.38. The van der Waals surface area contributed by atoms with Gasteiger partial charge in [0.15, 0.2) is 0 Å². The molecule has 0 aliphatic heterocycles. The summed E-state index contributed by atoms with van der Waals surface area (Å²) in [4.78, 5) is 0. The molecule has 2 atom stereocenters. The lowest BCUT2D eigenvalue weighted by Gasteiger charge is -2.30. The second-order valence-electron chi connectivity index (χ2n) is 10.3. The zero-order valence-electron chi connectivity index (χ0n) is 21.7. The van der Waals surface area contributed by atoms with Crippen molar-refractivity contribution in [3.63, 3.8) is 0 Å². The van der Waals surface area contributed by atoms with Crippen molar-refractivity contribution in [3.05, 3.63) is 130 Å². The van der Waals surface area contributed by atoms with Crippen LogP contribution in [0, 0.1) is 27.7 Å². The number of fused-ring (bicyclic) bond motifs is 2. The van der Waals surface area contributed by atoms with Crippen molar-refractivity contribution in [3.8, 4) is 0 Å². The van der Waals surface area contributed by atoms with Gasteiger partial charge < -0.3 is 0 Å². The number of benzene rings is 5. The third-order valence-corrected chi connectivity index (χ3v) is 8.51. The van der Waals surface area contributed by atoms with E-state index in [1.165, 1.54) is 60.5 Å². The van der Waals surface area contributed by atoms with Gasteiger partial charge in [0.2, 0.25) is 0 Å². The van der Waals surface area contributed by atoms with Crippen LogP contribution < -0.4 is 0 Å². The number of hydrogen-bond donors (Lipinski definition) is 0. The molecule has 1 saturated carbocycles. The van der Waals surface area contributed by atoms with Crippen molar-refractivity contribution in [2.45, 2.75) is 51.8 Å². The standard InChI is InChI=1S/C34H32/c1-22-19-31(24(3)29-17-11-9-15-27(22)29)34(21-33(34,5)26-13-7-6-8-14-26)32-20-23(2)28-16-10-12-18-30(28)25(32)4/h6-20H,21H2,1-5H3/t33-/m1/s1/i21D/t21-,33+/m0. The summed E-state index contributed by atoms with van der Waals surface area (Å²) in [6, 6.07) is 33.0.